The van der Waals surface area contributed by atoms with E-state index in [2.05, 4.69) is 5.32 Å². The van der Waals surface area contributed by atoms with Crippen molar-refractivity contribution >= 4 is 17.9 Å². The predicted molar refractivity (Wildman–Crippen MR) is 107 cm³/mol. The Kier molecular flexibility index (Phi) is 5.87. The van der Waals surface area contributed by atoms with E-state index in [0.29, 0.717) is 16.9 Å². The minimum Gasteiger partial charge on any atom is -0.491 e. The summed E-state index contributed by atoms with van der Waals surface area (Å²) < 4.78 is 11.0. The fraction of sp³-hybridized carbons (Fsp3) is 0.318. The van der Waals surface area contributed by atoms with Crippen LogP contribution >= 0.6 is 0 Å². The number of imide groups is 1. The molecule has 1 aliphatic heterocycles. The molecule has 0 saturated carbocycles. The molecule has 1 atom stereocenters. The average Bonchev–Trinajstić information content (AvgIpc) is 2.93. The number of benzene rings is 2. The van der Waals surface area contributed by atoms with Gasteiger partial charge >= 0.3 is 6.09 Å². The number of rotatable bonds is 6. The number of carbonyl (C=O) groups excluding carboxylic acids is 3. The van der Waals surface area contributed by atoms with Gasteiger partial charge in [0.2, 0.25) is 0 Å². The SMILES string of the molecule is CC(C)(C)OC(=O)NCC(COc1ccccc1)N1C(=O)c2ccccc2C1=O. The highest BCUT2D eigenvalue weighted by molar-refractivity contribution is 6.21. The Hall–Kier alpha value is -3.35. The molecule has 7 nitrogen and oxygen atoms in total. The monoisotopic (exact) mass is 396 g/mol. The number of para-hydroxylation sites is 1. The summed E-state index contributed by atoms with van der Waals surface area (Å²) in [5.41, 5.74) is 0.0364. The fourth-order valence-corrected chi connectivity index (χ4v) is 2.99. The smallest absolute Gasteiger partial charge is 0.407 e. The molecule has 0 spiro atoms. The van der Waals surface area contributed by atoms with Crippen molar-refractivity contribution in [1.29, 1.82) is 0 Å². The second kappa shape index (κ2) is 8.34. The summed E-state index contributed by atoms with van der Waals surface area (Å²) in [5.74, 6) is -0.206. The largest absolute Gasteiger partial charge is 0.491 e. The zero-order valence-electron chi connectivity index (χ0n) is 16.7. The lowest BCUT2D eigenvalue weighted by molar-refractivity contribution is 0.0436. The number of alkyl carbamates (subject to hydrolysis) is 1. The third kappa shape index (κ3) is 4.93. The molecule has 1 heterocycles. The lowest BCUT2D eigenvalue weighted by Crippen LogP contribution is -2.50. The van der Waals surface area contributed by atoms with Crippen LogP contribution in [0.2, 0.25) is 0 Å². The van der Waals surface area contributed by atoms with Crippen LogP contribution in [0.1, 0.15) is 41.5 Å². The van der Waals surface area contributed by atoms with Gasteiger partial charge < -0.3 is 14.8 Å². The summed E-state index contributed by atoms with van der Waals surface area (Å²) in [6.45, 7) is 5.31. The van der Waals surface area contributed by atoms with Crippen molar-refractivity contribution in [3.63, 3.8) is 0 Å². The molecule has 3 amide bonds. The Morgan fingerprint density at radius 1 is 0.966 bits per heavy atom. The highest BCUT2D eigenvalue weighted by Crippen LogP contribution is 2.25. The van der Waals surface area contributed by atoms with Gasteiger partial charge in [-0.15, -0.1) is 0 Å². The van der Waals surface area contributed by atoms with E-state index in [1.807, 2.05) is 18.2 Å². The van der Waals surface area contributed by atoms with E-state index >= 15 is 0 Å². The quantitative estimate of drug-likeness (QED) is 0.758. The van der Waals surface area contributed by atoms with E-state index in [4.69, 9.17) is 9.47 Å². The van der Waals surface area contributed by atoms with Gasteiger partial charge in [0.05, 0.1) is 17.2 Å². The molecule has 3 rings (SSSR count). The van der Waals surface area contributed by atoms with Crippen LogP contribution in [0, 0.1) is 0 Å². The van der Waals surface area contributed by atoms with Crippen LogP contribution in [0.4, 0.5) is 4.79 Å². The summed E-state index contributed by atoms with van der Waals surface area (Å²) in [6, 6.07) is 15.0. The third-order valence-electron chi connectivity index (χ3n) is 4.26. The lowest BCUT2D eigenvalue weighted by Gasteiger charge is -2.27. The fourth-order valence-electron chi connectivity index (χ4n) is 2.99. The van der Waals surface area contributed by atoms with E-state index in [1.165, 1.54) is 0 Å². The second-order valence-electron chi connectivity index (χ2n) is 7.69. The summed E-state index contributed by atoms with van der Waals surface area (Å²) in [5, 5.41) is 2.63. The number of fused-ring (bicyclic) bond motifs is 1. The molecule has 1 aliphatic rings. The number of nitrogens with one attached hydrogen (secondary N) is 1. The Morgan fingerprint density at radius 2 is 1.52 bits per heavy atom. The zero-order valence-corrected chi connectivity index (χ0v) is 16.7. The van der Waals surface area contributed by atoms with Crippen molar-refractivity contribution in [2.45, 2.75) is 32.4 Å². The summed E-state index contributed by atoms with van der Waals surface area (Å²) in [4.78, 5) is 38.9. The van der Waals surface area contributed by atoms with E-state index in [1.54, 1.807) is 57.2 Å². The second-order valence-corrected chi connectivity index (χ2v) is 7.69. The molecule has 1 N–H and O–H groups in total. The number of nitrogens with zero attached hydrogens (tertiary/aromatic N) is 1. The standard InChI is InChI=1S/C22H24N2O5/c1-22(2,3)29-21(27)23-13-15(14-28-16-9-5-4-6-10-16)24-19(25)17-11-7-8-12-18(17)20(24)26/h4-12,15H,13-14H2,1-3H3,(H,23,27). The van der Waals surface area contributed by atoms with Crippen LogP contribution in [0.15, 0.2) is 54.6 Å². The molecule has 152 valence electrons. The van der Waals surface area contributed by atoms with Crippen LogP contribution in [0.5, 0.6) is 5.75 Å². The maximum absolute atomic E-state index is 12.8. The first-order valence-electron chi connectivity index (χ1n) is 9.38. The molecule has 7 heteroatoms. The molecule has 2 aromatic rings. The van der Waals surface area contributed by atoms with Gasteiger partial charge in [-0.05, 0) is 45.0 Å². The lowest BCUT2D eigenvalue weighted by atomic mass is 10.1. The Labute approximate surface area is 169 Å². The van der Waals surface area contributed by atoms with Crippen LogP contribution in [0.3, 0.4) is 0 Å². The van der Waals surface area contributed by atoms with Crippen molar-refractivity contribution < 1.29 is 23.9 Å². The zero-order chi connectivity index (χ0) is 21.0. The summed E-state index contributed by atoms with van der Waals surface area (Å²) in [7, 11) is 0. The topological polar surface area (TPSA) is 84.9 Å². The Morgan fingerprint density at radius 3 is 2.07 bits per heavy atom. The van der Waals surface area contributed by atoms with Crippen molar-refractivity contribution in [3.05, 3.63) is 65.7 Å². The van der Waals surface area contributed by atoms with Crippen LogP contribution in [-0.2, 0) is 4.74 Å². The normalized spacial score (nSPS) is 14.4. The van der Waals surface area contributed by atoms with Crippen molar-refractivity contribution in [2.24, 2.45) is 0 Å². The first-order valence-corrected chi connectivity index (χ1v) is 9.38. The average molecular weight is 396 g/mol. The Balaban J connectivity index is 1.76. The molecular formula is C22H24N2O5. The van der Waals surface area contributed by atoms with Gasteiger partial charge in [-0.1, -0.05) is 30.3 Å². The first kappa shape index (κ1) is 20.4. The Bertz CT molecular complexity index is 870. The van der Waals surface area contributed by atoms with Gasteiger partial charge in [-0.3, -0.25) is 14.5 Å². The predicted octanol–water partition coefficient (Wildman–Crippen LogP) is 3.25. The molecule has 0 bridgehead atoms. The maximum Gasteiger partial charge on any atom is 0.407 e. The van der Waals surface area contributed by atoms with E-state index in [9.17, 15) is 14.4 Å². The molecule has 0 fully saturated rings. The van der Waals surface area contributed by atoms with Crippen LogP contribution in [0.25, 0.3) is 0 Å². The highest BCUT2D eigenvalue weighted by Gasteiger charge is 2.40. The minimum absolute atomic E-state index is 0.00716. The van der Waals surface area contributed by atoms with E-state index < -0.39 is 29.6 Å². The first-order chi connectivity index (χ1) is 13.8. The maximum atomic E-state index is 12.8. The minimum atomic E-state index is -0.699. The van der Waals surface area contributed by atoms with Gasteiger partial charge in [0, 0.05) is 6.54 Å². The van der Waals surface area contributed by atoms with Crippen molar-refractivity contribution in [2.75, 3.05) is 13.2 Å². The van der Waals surface area contributed by atoms with Gasteiger partial charge in [0.25, 0.3) is 11.8 Å². The van der Waals surface area contributed by atoms with Gasteiger partial charge in [-0.2, -0.15) is 0 Å². The molecule has 0 saturated heterocycles. The molecule has 0 radical (unpaired) electrons. The summed E-state index contributed by atoms with van der Waals surface area (Å²) in [6.07, 6.45) is -0.626. The number of ether oxygens (including phenoxy) is 2. The van der Waals surface area contributed by atoms with Gasteiger partial charge in [0.15, 0.2) is 0 Å². The highest BCUT2D eigenvalue weighted by atomic mass is 16.6. The number of carbonyl (C=O) groups is 3. The number of hydrogen-bond donors (Lipinski definition) is 1. The van der Waals surface area contributed by atoms with Gasteiger partial charge in [-0.25, -0.2) is 4.79 Å². The van der Waals surface area contributed by atoms with E-state index in [0.717, 1.165) is 4.90 Å². The molecule has 2 aromatic carbocycles. The molecular weight excluding hydrogens is 372 g/mol. The molecule has 0 aromatic heterocycles. The number of amides is 3. The van der Waals surface area contributed by atoms with E-state index in [-0.39, 0.29) is 13.2 Å². The molecule has 29 heavy (non-hydrogen) atoms. The van der Waals surface area contributed by atoms with Crippen LogP contribution < -0.4 is 10.1 Å². The summed E-state index contributed by atoms with van der Waals surface area (Å²) >= 11 is 0. The van der Waals surface area contributed by atoms with Crippen molar-refractivity contribution in [1.82, 2.24) is 10.2 Å². The molecule has 1 unspecified atom stereocenters. The van der Waals surface area contributed by atoms with Crippen molar-refractivity contribution in [3.8, 4) is 5.75 Å². The third-order valence-corrected chi connectivity index (χ3v) is 4.26. The van der Waals surface area contributed by atoms with Gasteiger partial charge in [0.1, 0.15) is 18.0 Å². The number of hydrogen-bond acceptors (Lipinski definition) is 5. The van der Waals surface area contributed by atoms with Crippen LogP contribution in [-0.4, -0.2) is 47.6 Å². The molecule has 0 aliphatic carbocycles.